The van der Waals surface area contributed by atoms with Gasteiger partial charge in [-0.3, -0.25) is 9.78 Å². The van der Waals surface area contributed by atoms with Gasteiger partial charge in [0.15, 0.2) is 0 Å². The lowest BCUT2D eigenvalue weighted by molar-refractivity contribution is 0.0995. The van der Waals surface area contributed by atoms with Gasteiger partial charge in [-0.15, -0.1) is 0 Å². The molecule has 0 fully saturated rings. The number of primary amides is 1. The van der Waals surface area contributed by atoms with E-state index in [0.29, 0.717) is 5.69 Å². The van der Waals surface area contributed by atoms with Gasteiger partial charge in [0.05, 0.1) is 30.6 Å². The SMILES string of the molecule is NC(=O)c1cncc(-c2ccoc2)n1. The first-order valence-electron chi connectivity index (χ1n) is 3.92. The summed E-state index contributed by atoms with van der Waals surface area (Å²) in [4.78, 5) is 18.7. The molecule has 5 nitrogen and oxygen atoms in total. The number of hydrogen-bond donors (Lipinski definition) is 1. The summed E-state index contributed by atoms with van der Waals surface area (Å²) in [6, 6.07) is 1.73. The van der Waals surface area contributed by atoms with Crippen molar-refractivity contribution in [1.29, 1.82) is 0 Å². The first kappa shape index (κ1) is 8.43. The summed E-state index contributed by atoms with van der Waals surface area (Å²) >= 11 is 0. The number of hydrogen-bond acceptors (Lipinski definition) is 4. The zero-order chi connectivity index (χ0) is 9.97. The molecule has 2 aromatic rings. The van der Waals surface area contributed by atoms with Gasteiger partial charge in [0.1, 0.15) is 5.69 Å². The van der Waals surface area contributed by atoms with Gasteiger partial charge >= 0.3 is 0 Å². The highest BCUT2D eigenvalue weighted by molar-refractivity contribution is 5.90. The Morgan fingerprint density at radius 2 is 2.29 bits per heavy atom. The molecule has 0 aromatic carbocycles. The largest absolute Gasteiger partial charge is 0.472 e. The fraction of sp³-hybridized carbons (Fsp3) is 0. The second-order valence-corrected chi connectivity index (χ2v) is 2.67. The Labute approximate surface area is 79.6 Å². The molecule has 0 unspecified atom stereocenters. The van der Waals surface area contributed by atoms with Gasteiger partial charge in [0.25, 0.3) is 5.91 Å². The Balaban J connectivity index is 2.46. The van der Waals surface area contributed by atoms with E-state index in [0.717, 1.165) is 5.56 Å². The Morgan fingerprint density at radius 3 is 2.93 bits per heavy atom. The van der Waals surface area contributed by atoms with Gasteiger partial charge < -0.3 is 10.2 Å². The predicted octanol–water partition coefficient (Wildman–Crippen LogP) is 0.835. The monoisotopic (exact) mass is 189 g/mol. The second-order valence-electron chi connectivity index (χ2n) is 2.67. The van der Waals surface area contributed by atoms with Crippen molar-refractivity contribution in [2.45, 2.75) is 0 Å². The van der Waals surface area contributed by atoms with E-state index in [1.54, 1.807) is 6.07 Å². The lowest BCUT2D eigenvalue weighted by Crippen LogP contribution is -2.13. The van der Waals surface area contributed by atoms with Crippen LogP contribution in [0.2, 0.25) is 0 Å². The molecule has 0 aliphatic rings. The third-order valence-corrected chi connectivity index (χ3v) is 1.70. The predicted molar refractivity (Wildman–Crippen MR) is 48.3 cm³/mol. The van der Waals surface area contributed by atoms with Crippen molar-refractivity contribution in [1.82, 2.24) is 9.97 Å². The normalized spacial score (nSPS) is 10.0. The van der Waals surface area contributed by atoms with E-state index in [4.69, 9.17) is 10.2 Å². The maximum atomic E-state index is 10.8. The molecule has 70 valence electrons. The second kappa shape index (κ2) is 3.29. The van der Waals surface area contributed by atoms with Crippen LogP contribution < -0.4 is 5.73 Å². The van der Waals surface area contributed by atoms with Crippen molar-refractivity contribution >= 4 is 5.91 Å². The molecule has 5 heteroatoms. The van der Waals surface area contributed by atoms with E-state index >= 15 is 0 Å². The topological polar surface area (TPSA) is 82.0 Å². The average Bonchev–Trinajstić information content (AvgIpc) is 2.71. The Hall–Kier alpha value is -2.17. The summed E-state index contributed by atoms with van der Waals surface area (Å²) in [5.41, 5.74) is 6.54. The zero-order valence-electron chi connectivity index (χ0n) is 7.18. The molecule has 0 bridgehead atoms. The van der Waals surface area contributed by atoms with Crippen molar-refractivity contribution in [3.63, 3.8) is 0 Å². The fourth-order valence-electron chi connectivity index (χ4n) is 1.03. The number of nitrogens with zero attached hydrogens (tertiary/aromatic N) is 2. The highest BCUT2D eigenvalue weighted by atomic mass is 16.3. The molecular weight excluding hydrogens is 182 g/mol. The summed E-state index contributed by atoms with van der Waals surface area (Å²) in [5.74, 6) is -0.595. The van der Waals surface area contributed by atoms with E-state index in [1.165, 1.54) is 24.9 Å². The minimum Gasteiger partial charge on any atom is -0.472 e. The highest BCUT2D eigenvalue weighted by Crippen LogP contribution is 2.15. The minimum absolute atomic E-state index is 0.142. The quantitative estimate of drug-likeness (QED) is 0.758. The van der Waals surface area contributed by atoms with Gasteiger partial charge in [-0.05, 0) is 6.07 Å². The highest BCUT2D eigenvalue weighted by Gasteiger charge is 2.06. The maximum Gasteiger partial charge on any atom is 0.268 e. The summed E-state index contributed by atoms with van der Waals surface area (Å²) in [6.45, 7) is 0. The summed E-state index contributed by atoms with van der Waals surface area (Å²) in [6.07, 6.45) is 5.91. The van der Waals surface area contributed by atoms with Gasteiger partial charge in [-0.2, -0.15) is 0 Å². The van der Waals surface area contributed by atoms with E-state index in [2.05, 4.69) is 9.97 Å². The van der Waals surface area contributed by atoms with Crippen LogP contribution in [0.3, 0.4) is 0 Å². The molecule has 14 heavy (non-hydrogen) atoms. The molecule has 2 rings (SSSR count). The first-order chi connectivity index (χ1) is 6.77. The summed E-state index contributed by atoms with van der Waals surface area (Å²) in [7, 11) is 0. The van der Waals surface area contributed by atoms with Crippen molar-refractivity contribution in [2.75, 3.05) is 0 Å². The van der Waals surface area contributed by atoms with Crippen LogP contribution in [-0.4, -0.2) is 15.9 Å². The molecule has 2 aromatic heterocycles. The first-order valence-corrected chi connectivity index (χ1v) is 3.92. The molecule has 0 aliphatic heterocycles. The number of amides is 1. The lowest BCUT2D eigenvalue weighted by atomic mass is 10.2. The molecule has 1 amide bonds. The van der Waals surface area contributed by atoms with Crippen LogP contribution in [0.1, 0.15) is 10.5 Å². The van der Waals surface area contributed by atoms with Crippen LogP contribution in [0, 0.1) is 0 Å². The number of aromatic nitrogens is 2. The molecule has 2 N–H and O–H groups in total. The number of rotatable bonds is 2. The Kier molecular flexibility index (Phi) is 1.98. The molecular formula is C9H7N3O2. The van der Waals surface area contributed by atoms with E-state index in [-0.39, 0.29) is 5.69 Å². The molecule has 0 spiro atoms. The van der Waals surface area contributed by atoms with Crippen LogP contribution in [0.4, 0.5) is 0 Å². The number of carbonyl (C=O) groups is 1. The summed E-state index contributed by atoms with van der Waals surface area (Å²) in [5, 5.41) is 0. The Bertz CT molecular complexity index is 451. The number of nitrogens with two attached hydrogens (primary N) is 1. The third-order valence-electron chi connectivity index (χ3n) is 1.70. The van der Waals surface area contributed by atoms with Crippen molar-refractivity contribution in [3.8, 4) is 11.3 Å². The van der Waals surface area contributed by atoms with Crippen LogP contribution in [-0.2, 0) is 0 Å². The maximum absolute atomic E-state index is 10.8. The molecule has 0 atom stereocenters. The van der Waals surface area contributed by atoms with Crippen molar-refractivity contribution in [3.05, 3.63) is 36.7 Å². The minimum atomic E-state index is -0.595. The van der Waals surface area contributed by atoms with Crippen LogP contribution in [0.25, 0.3) is 11.3 Å². The standard InChI is InChI=1S/C9H7N3O2/c10-9(13)8-4-11-3-7(12-8)6-1-2-14-5-6/h1-5H,(H2,10,13). The molecule has 2 heterocycles. The number of carbonyl (C=O) groups excluding carboxylic acids is 1. The van der Waals surface area contributed by atoms with Crippen molar-refractivity contribution < 1.29 is 9.21 Å². The van der Waals surface area contributed by atoms with Crippen LogP contribution in [0.5, 0.6) is 0 Å². The van der Waals surface area contributed by atoms with Gasteiger partial charge in [0.2, 0.25) is 0 Å². The van der Waals surface area contributed by atoms with Crippen molar-refractivity contribution in [2.24, 2.45) is 5.73 Å². The zero-order valence-corrected chi connectivity index (χ0v) is 7.18. The van der Waals surface area contributed by atoms with Gasteiger partial charge in [0, 0.05) is 5.56 Å². The van der Waals surface area contributed by atoms with E-state index in [9.17, 15) is 4.79 Å². The van der Waals surface area contributed by atoms with Crippen LogP contribution in [0.15, 0.2) is 35.4 Å². The smallest absolute Gasteiger partial charge is 0.268 e. The molecule has 0 saturated heterocycles. The molecule has 0 saturated carbocycles. The molecule has 0 aliphatic carbocycles. The fourth-order valence-corrected chi connectivity index (χ4v) is 1.03. The lowest BCUT2D eigenvalue weighted by Gasteiger charge is -1.97. The molecule has 0 radical (unpaired) electrons. The van der Waals surface area contributed by atoms with Gasteiger partial charge in [-0.25, -0.2) is 4.98 Å². The van der Waals surface area contributed by atoms with E-state index < -0.39 is 5.91 Å². The van der Waals surface area contributed by atoms with E-state index in [1.807, 2.05) is 0 Å². The summed E-state index contributed by atoms with van der Waals surface area (Å²) < 4.78 is 4.89. The Morgan fingerprint density at radius 1 is 1.43 bits per heavy atom. The average molecular weight is 189 g/mol. The van der Waals surface area contributed by atoms with Gasteiger partial charge in [-0.1, -0.05) is 0 Å². The third kappa shape index (κ3) is 1.47. The van der Waals surface area contributed by atoms with Crippen LogP contribution >= 0.6 is 0 Å². The number of furan rings is 1.